The van der Waals surface area contributed by atoms with Crippen molar-refractivity contribution < 1.29 is 9.90 Å². The van der Waals surface area contributed by atoms with Crippen molar-refractivity contribution in [3.05, 3.63) is 53.9 Å². The van der Waals surface area contributed by atoms with Gasteiger partial charge in [-0.2, -0.15) is 10.2 Å². The largest absolute Gasteiger partial charge is 0.389 e. The SMILES string of the molecule is Cc1cc(-c2cnc3c(NCC(C)(C)O)cc(-c4ccn[nH]4)nn23)ccc1C(=O)NC1CC1. The Labute approximate surface area is 191 Å². The van der Waals surface area contributed by atoms with Crippen LogP contribution in [0.25, 0.3) is 28.3 Å². The molecule has 0 saturated heterocycles. The number of aromatic amines is 1. The fourth-order valence-electron chi connectivity index (χ4n) is 3.71. The minimum Gasteiger partial charge on any atom is -0.389 e. The quantitative estimate of drug-likeness (QED) is 0.347. The molecule has 0 atom stereocenters. The van der Waals surface area contributed by atoms with Gasteiger partial charge in [0.25, 0.3) is 5.91 Å². The number of hydrogen-bond donors (Lipinski definition) is 4. The highest BCUT2D eigenvalue weighted by Crippen LogP contribution is 2.29. The van der Waals surface area contributed by atoms with E-state index in [4.69, 9.17) is 5.10 Å². The van der Waals surface area contributed by atoms with Gasteiger partial charge in [0.1, 0.15) is 5.69 Å². The number of aliphatic hydroxyl groups is 1. The van der Waals surface area contributed by atoms with Crippen LogP contribution < -0.4 is 10.6 Å². The van der Waals surface area contributed by atoms with Gasteiger partial charge in [-0.05, 0) is 63.4 Å². The van der Waals surface area contributed by atoms with E-state index in [0.29, 0.717) is 29.5 Å². The monoisotopic (exact) mass is 445 g/mol. The number of rotatable bonds is 7. The number of nitrogens with zero attached hydrogens (tertiary/aromatic N) is 4. The fraction of sp³-hybridized carbons (Fsp3) is 0.333. The van der Waals surface area contributed by atoms with Crippen LogP contribution in [0.2, 0.25) is 0 Å². The smallest absolute Gasteiger partial charge is 0.251 e. The Hall–Kier alpha value is -3.72. The second kappa shape index (κ2) is 8.00. The van der Waals surface area contributed by atoms with Gasteiger partial charge in [-0.1, -0.05) is 6.07 Å². The summed E-state index contributed by atoms with van der Waals surface area (Å²) >= 11 is 0. The number of H-pyrrole nitrogens is 1. The first kappa shape index (κ1) is 21.1. The van der Waals surface area contributed by atoms with Crippen molar-refractivity contribution in [1.29, 1.82) is 0 Å². The molecule has 0 radical (unpaired) electrons. The number of amides is 1. The molecule has 5 rings (SSSR count). The zero-order chi connectivity index (χ0) is 23.2. The van der Waals surface area contributed by atoms with Crippen LogP contribution in [0.1, 0.15) is 42.6 Å². The average Bonchev–Trinajstić information content (AvgIpc) is 3.24. The summed E-state index contributed by atoms with van der Waals surface area (Å²) in [5.41, 5.74) is 5.24. The lowest BCUT2D eigenvalue weighted by atomic mass is 10.0. The van der Waals surface area contributed by atoms with E-state index in [1.54, 1.807) is 30.8 Å². The molecule has 1 aliphatic carbocycles. The van der Waals surface area contributed by atoms with Gasteiger partial charge in [0.15, 0.2) is 5.65 Å². The van der Waals surface area contributed by atoms with Crippen molar-refractivity contribution in [2.75, 3.05) is 11.9 Å². The Bertz CT molecular complexity index is 1310. The summed E-state index contributed by atoms with van der Waals surface area (Å²) in [6, 6.07) is 9.82. The molecule has 1 saturated carbocycles. The highest BCUT2D eigenvalue weighted by Gasteiger charge is 2.24. The molecule has 0 aliphatic heterocycles. The van der Waals surface area contributed by atoms with E-state index in [9.17, 15) is 9.90 Å². The van der Waals surface area contributed by atoms with Crippen LogP contribution in [0.4, 0.5) is 5.69 Å². The van der Waals surface area contributed by atoms with Gasteiger partial charge in [0, 0.05) is 29.9 Å². The second-order valence-electron chi connectivity index (χ2n) is 9.24. The van der Waals surface area contributed by atoms with Crippen LogP contribution in [0.3, 0.4) is 0 Å². The maximum Gasteiger partial charge on any atom is 0.251 e. The van der Waals surface area contributed by atoms with Crippen LogP contribution in [-0.2, 0) is 0 Å². The van der Waals surface area contributed by atoms with Gasteiger partial charge in [0.05, 0.1) is 28.9 Å². The Balaban J connectivity index is 1.56. The minimum absolute atomic E-state index is 0.0301. The first-order chi connectivity index (χ1) is 15.8. The number of fused-ring (bicyclic) bond motifs is 1. The van der Waals surface area contributed by atoms with E-state index in [-0.39, 0.29) is 5.91 Å². The third-order valence-corrected chi connectivity index (χ3v) is 5.64. The highest BCUT2D eigenvalue weighted by atomic mass is 16.3. The molecule has 1 aromatic carbocycles. The van der Waals surface area contributed by atoms with E-state index in [1.165, 1.54) is 0 Å². The zero-order valence-electron chi connectivity index (χ0n) is 18.9. The molecule has 33 heavy (non-hydrogen) atoms. The molecule has 4 aromatic rings. The van der Waals surface area contributed by atoms with Crippen molar-refractivity contribution >= 4 is 17.2 Å². The Kier molecular flexibility index (Phi) is 5.13. The average molecular weight is 446 g/mol. The van der Waals surface area contributed by atoms with Crippen molar-refractivity contribution in [1.82, 2.24) is 30.1 Å². The second-order valence-corrected chi connectivity index (χ2v) is 9.24. The molecule has 9 heteroatoms. The maximum absolute atomic E-state index is 12.5. The van der Waals surface area contributed by atoms with Crippen molar-refractivity contribution in [3.8, 4) is 22.6 Å². The lowest BCUT2D eigenvalue weighted by molar-refractivity contribution is 0.0940. The summed E-state index contributed by atoms with van der Waals surface area (Å²) < 4.78 is 1.78. The summed E-state index contributed by atoms with van der Waals surface area (Å²) in [6.45, 7) is 5.78. The first-order valence-electron chi connectivity index (χ1n) is 11.1. The predicted molar refractivity (Wildman–Crippen MR) is 126 cm³/mol. The number of anilines is 1. The molecular formula is C24H27N7O2. The van der Waals surface area contributed by atoms with E-state index < -0.39 is 5.60 Å². The van der Waals surface area contributed by atoms with E-state index >= 15 is 0 Å². The molecule has 9 nitrogen and oxygen atoms in total. The van der Waals surface area contributed by atoms with Crippen molar-refractivity contribution in [3.63, 3.8) is 0 Å². The fourth-order valence-corrected chi connectivity index (χ4v) is 3.71. The van der Waals surface area contributed by atoms with E-state index in [1.807, 2.05) is 37.3 Å². The van der Waals surface area contributed by atoms with Gasteiger partial charge in [-0.15, -0.1) is 0 Å². The molecule has 0 unspecified atom stereocenters. The number of hydrogen-bond acceptors (Lipinski definition) is 6. The van der Waals surface area contributed by atoms with Gasteiger partial charge in [-0.25, -0.2) is 9.50 Å². The number of aryl methyl sites for hydroxylation is 1. The van der Waals surface area contributed by atoms with Crippen LogP contribution in [0, 0.1) is 6.92 Å². The van der Waals surface area contributed by atoms with E-state index in [0.717, 1.165) is 41.0 Å². The summed E-state index contributed by atoms with van der Waals surface area (Å²) in [5.74, 6) is -0.0301. The minimum atomic E-state index is -0.891. The maximum atomic E-state index is 12.5. The molecule has 4 N–H and O–H groups in total. The molecule has 3 heterocycles. The molecule has 170 valence electrons. The lowest BCUT2D eigenvalue weighted by Gasteiger charge is -2.19. The van der Waals surface area contributed by atoms with Gasteiger partial charge in [-0.3, -0.25) is 9.89 Å². The zero-order valence-corrected chi connectivity index (χ0v) is 18.9. The standard InChI is InChI=1S/C24H27N7O2/c1-14-10-15(4-7-17(14)23(32)28-16-5-6-16)21-12-25-22-20(26-13-24(2,3)33)11-19(30-31(21)22)18-8-9-27-29-18/h4,7-12,16,26,33H,5-6,13H2,1-3H3,(H,27,29)(H,28,32). The number of carbonyl (C=O) groups excluding carboxylic acids is 1. The van der Waals surface area contributed by atoms with Crippen LogP contribution in [0.15, 0.2) is 42.7 Å². The first-order valence-corrected chi connectivity index (χ1v) is 11.1. The van der Waals surface area contributed by atoms with Crippen LogP contribution >= 0.6 is 0 Å². The Morgan fingerprint density at radius 2 is 2.09 bits per heavy atom. The number of benzene rings is 1. The topological polar surface area (TPSA) is 120 Å². The van der Waals surface area contributed by atoms with Gasteiger partial charge >= 0.3 is 0 Å². The van der Waals surface area contributed by atoms with Gasteiger partial charge < -0.3 is 15.7 Å². The van der Waals surface area contributed by atoms with Crippen LogP contribution in [0.5, 0.6) is 0 Å². The highest BCUT2D eigenvalue weighted by molar-refractivity contribution is 5.96. The molecule has 0 bridgehead atoms. The Morgan fingerprint density at radius 3 is 2.76 bits per heavy atom. The molecule has 0 spiro atoms. The summed E-state index contributed by atoms with van der Waals surface area (Å²) in [7, 11) is 0. The third kappa shape index (κ3) is 4.45. The lowest BCUT2D eigenvalue weighted by Crippen LogP contribution is -2.29. The molecular weight excluding hydrogens is 418 g/mol. The third-order valence-electron chi connectivity index (χ3n) is 5.64. The van der Waals surface area contributed by atoms with Gasteiger partial charge in [0.2, 0.25) is 0 Å². The number of nitrogens with one attached hydrogen (secondary N) is 3. The summed E-state index contributed by atoms with van der Waals surface area (Å²) in [6.07, 6.45) is 5.56. The normalized spacial score (nSPS) is 13.9. The predicted octanol–water partition coefficient (Wildman–Crippen LogP) is 3.17. The summed E-state index contributed by atoms with van der Waals surface area (Å²) in [4.78, 5) is 17.1. The Morgan fingerprint density at radius 1 is 1.27 bits per heavy atom. The number of aromatic nitrogens is 5. The molecule has 1 fully saturated rings. The van der Waals surface area contributed by atoms with E-state index in [2.05, 4.69) is 25.8 Å². The number of imidazole rings is 1. The molecule has 1 aliphatic rings. The number of carbonyl (C=O) groups is 1. The van der Waals surface area contributed by atoms with Crippen molar-refractivity contribution in [2.24, 2.45) is 0 Å². The van der Waals surface area contributed by atoms with Crippen LogP contribution in [-0.4, -0.2) is 54.0 Å². The summed E-state index contributed by atoms with van der Waals surface area (Å²) in [5, 5.41) is 28.3. The van der Waals surface area contributed by atoms with Crippen molar-refractivity contribution in [2.45, 2.75) is 45.3 Å². The molecule has 1 amide bonds. The molecule has 3 aromatic heterocycles.